The van der Waals surface area contributed by atoms with E-state index in [9.17, 15) is 14.7 Å². The summed E-state index contributed by atoms with van der Waals surface area (Å²) in [5.74, 6) is -0.192. The van der Waals surface area contributed by atoms with Crippen LogP contribution in [0, 0.1) is 0 Å². The lowest BCUT2D eigenvalue weighted by Gasteiger charge is -2.17. The van der Waals surface area contributed by atoms with Crippen LogP contribution in [0.2, 0.25) is 0 Å². The SMILES string of the molecule is COC(=O)Nc1nc2c(s1)-c1c(c(-c3cccnc3)nn1-c1ccc(C(=O)N(C)CCO)cc1Br)CC2. The molecule has 0 unspecified atom stereocenters. The lowest BCUT2D eigenvalue weighted by Crippen LogP contribution is -2.29. The Balaban J connectivity index is 1.64. The zero-order chi connectivity index (χ0) is 26.1. The number of aliphatic hydroxyl groups is 1. The van der Waals surface area contributed by atoms with E-state index in [2.05, 4.69) is 31.2 Å². The molecule has 10 nitrogen and oxygen atoms in total. The van der Waals surface area contributed by atoms with Gasteiger partial charge in [0.2, 0.25) is 0 Å². The number of carbonyl (C=O) groups excluding carboxylic acids is 2. The quantitative estimate of drug-likeness (QED) is 0.350. The van der Waals surface area contributed by atoms with Gasteiger partial charge in [-0.1, -0.05) is 11.3 Å². The Hall–Kier alpha value is -3.61. The lowest BCUT2D eigenvalue weighted by molar-refractivity contribution is 0.0767. The maximum atomic E-state index is 12.7. The van der Waals surface area contributed by atoms with E-state index in [4.69, 9.17) is 9.84 Å². The summed E-state index contributed by atoms with van der Waals surface area (Å²) in [6.07, 6.45) is 4.34. The number of carbonyl (C=O) groups is 2. The fraction of sp³-hybridized carbons (Fsp3) is 0.240. The molecule has 37 heavy (non-hydrogen) atoms. The summed E-state index contributed by atoms with van der Waals surface area (Å²) in [6, 6.07) is 9.19. The highest BCUT2D eigenvalue weighted by Gasteiger charge is 2.31. The van der Waals surface area contributed by atoms with Crippen molar-refractivity contribution in [3.05, 3.63) is 64.0 Å². The number of nitrogens with zero attached hydrogens (tertiary/aromatic N) is 5. The molecular formula is C25H23BrN6O4S. The number of ether oxygens (including phenoxy) is 1. The van der Waals surface area contributed by atoms with Gasteiger partial charge in [0, 0.05) is 47.1 Å². The van der Waals surface area contributed by atoms with E-state index in [0.29, 0.717) is 28.0 Å². The van der Waals surface area contributed by atoms with Gasteiger partial charge in [0.25, 0.3) is 5.91 Å². The number of rotatable bonds is 6. The number of aromatic nitrogens is 4. The molecule has 3 aromatic heterocycles. The largest absolute Gasteiger partial charge is 0.453 e. The minimum Gasteiger partial charge on any atom is -0.453 e. The summed E-state index contributed by atoms with van der Waals surface area (Å²) < 4.78 is 7.27. The van der Waals surface area contributed by atoms with Crippen LogP contribution in [-0.2, 0) is 17.6 Å². The number of fused-ring (bicyclic) bond motifs is 3. The summed E-state index contributed by atoms with van der Waals surface area (Å²) in [5.41, 5.74) is 5.76. The average Bonchev–Trinajstić information content (AvgIpc) is 3.49. The number of aliphatic hydroxyl groups excluding tert-OH is 1. The van der Waals surface area contributed by atoms with Crippen LogP contribution in [0.25, 0.3) is 27.5 Å². The number of thiazole rings is 1. The number of pyridine rings is 1. The molecule has 5 rings (SSSR count). The molecular weight excluding hydrogens is 560 g/mol. The number of aryl methyl sites for hydroxylation is 1. The highest BCUT2D eigenvalue weighted by Crippen LogP contribution is 2.44. The molecule has 2 amide bonds. The van der Waals surface area contributed by atoms with E-state index < -0.39 is 6.09 Å². The van der Waals surface area contributed by atoms with Gasteiger partial charge >= 0.3 is 6.09 Å². The zero-order valence-corrected chi connectivity index (χ0v) is 22.5. The van der Waals surface area contributed by atoms with Gasteiger partial charge in [-0.15, -0.1) is 0 Å². The van der Waals surface area contributed by atoms with Crippen molar-refractivity contribution in [2.45, 2.75) is 12.8 Å². The number of hydrogen-bond acceptors (Lipinski definition) is 8. The zero-order valence-electron chi connectivity index (χ0n) is 20.1. The number of hydrogen-bond donors (Lipinski definition) is 2. The molecule has 0 atom stereocenters. The molecule has 1 aliphatic carbocycles. The van der Waals surface area contributed by atoms with Gasteiger partial charge in [-0.2, -0.15) is 5.10 Å². The molecule has 4 aromatic rings. The molecule has 3 heterocycles. The molecule has 0 saturated heterocycles. The van der Waals surface area contributed by atoms with Crippen LogP contribution in [0.15, 0.2) is 47.2 Å². The second-order valence-corrected chi connectivity index (χ2v) is 10.2. The van der Waals surface area contributed by atoms with Gasteiger partial charge in [-0.25, -0.2) is 14.5 Å². The van der Waals surface area contributed by atoms with Crippen molar-refractivity contribution in [3.8, 4) is 27.5 Å². The van der Waals surface area contributed by atoms with Crippen LogP contribution < -0.4 is 5.32 Å². The summed E-state index contributed by atoms with van der Waals surface area (Å²) in [6.45, 7) is 0.136. The summed E-state index contributed by atoms with van der Waals surface area (Å²) in [7, 11) is 2.96. The van der Waals surface area contributed by atoms with E-state index in [1.807, 2.05) is 22.9 Å². The second-order valence-electron chi connectivity index (χ2n) is 8.36. The highest BCUT2D eigenvalue weighted by atomic mass is 79.9. The number of anilines is 1. The average molecular weight is 583 g/mol. The summed E-state index contributed by atoms with van der Waals surface area (Å²) >= 11 is 5.00. The molecule has 12 heteroatoms. The number of halogens is 1. The van der Waals surface area contributed by atoms with Gasteiger partial charge in [0.15, 0.2) is 5.13 Å². The molecule has 1 aliphatic rings. The van der Waals surface area contributed by atoms with Crippen molar-refractivity contribution in [1.29, 1.82) is 0 Å². The normalized spacial score (nSPS) is 12.0. The van der Waals surface area contributed by atoms with Crippen molar-refractivity contribution < 1.29 is 19.4 Å². The molecule has 0 saturated carbocycles. The molecule has 0 bridgehead atoms. The van der Waals surface area contributed by atoms with Crippen molar-refractivity contribution in [2.75, 3.05) is 32.6 Å². The van der Waals surface area contributed by atoms with Crippen LogP contribution in [0.1, 0.15) is 21.6 Å². The summed E-state index contributed by atoms with van der Waals surface area (Å²) in [5, 5.41) is 17.3. The smallest absolute Gasteiger partial charge is 0.413 e. The third-order valence-electron chi connectivity index (χ3n) is 6.04. The minimum absolute atomic E-state index is 0.109. The van der Waals surface area contributed by atoms with Crippen LogP contribution in [0.5, 0.6) is 0 Å². The van der Waals surface area contributed by atoms with Gasteiger partial charge in [-0.05, 0) is 59.1 Å². The van der Waals surface area contributed by atoms with Gasteiger partial charge in [0.1, 0.15) is 0 Å². The Morgan fingerprint density at radius 1 is 1.30 bits per heavy atom. The maximum Gasteiger partial charge on any atom is 0.413 e. The Morgan fingerprint density at radius 3 is 2.84 bits per heavy atom. The first kappa shape index (κ1) is 25.1. The molecule has 190 valence electrons. The third kappa shape index (κ3) is 4.75. The topological polar surface area (TPSA) is 122 Å². The number of methoxy groups -OCH3 is 1. The molecule has 1 aromatic carbocycles. The van der Waals surface area contributed by atoms with Crippen LogP contribution in [0.3, 0.4) is 0 Å². The second kappa shape index (κ2) is 10.4. The van der Waals surface area contributed by atoms with Crippen molar-refractivity contribution in [3.63, 3.8) is 0 Å². The fourth-order valence-corrected chi connectivity index (χ4v) is 5.86. The van der Waals surface area contributed by atoms with Crippen LogP contribution >= 0.6 is 27.3 Å². The Labute approximate surface area is 225 Å². The van der Waals surface area contributed by atoms with E-state index >= 15 is 0 Å². The number of nitrogens with one attached hydrogen (secondary N) is 1. The Kier molecular flexibility index (Phi) is 7.04. The maximum absolute atomic E-state index is 12.7. The molecule has 2 N–H and O–H groups in total. The van der Waals surface area contributed by atoms with Crippen molar-refractivity contribution in [2.24, 2.45) is 0 Å². The Morgan fingerprint density at radius 2 is 2.14 bits per heavy atom. The number of benzene rings is 1. The first-order valence-corrected chi connectivity index (χ1v) is 13.1. The van der Waals surface area contributed by atoms with E-state index in [1.54, 1.807) is 31.6 Å². The predicted molar refractivity (Wildman–Crippen MR) is 143 cm³/mol. The first-order chi connectivity index (χ1) is 17.9. The third-order valence-corrected chi connectivity index (χ3v) is 7.70. The van der Waals surface area contributed by atoms with E-state index in [-0.39, 0.29) is 19.1 Å². The minimum atomic E-state index is -0.579. The van der Waals surface area contributed by atoms with Gasteiger partial charge in [-0.3, -0.25) is 15.1 Å². The van der Waals surface area contributed by atoms with Crippen LogP contribution in [0.4, 0.5) is 9.93 Å². The predicted octanol–water partition coefficient (Wildman–Crippen LogP) is 4.16. The Bertz CT molecular complexity index is 1490. The van der Waals surface area contributed by atoms with Crippen molar-refractivity contribution in [1.82, 2.24) is 24.6 Å². The number of likely N-dealkylation sites (N-methyl/N-ethyl adjacent to an activating group) is 1. The standard InChI is InChI=1S/C25H23BrN6O4S/c1-31(10-11-33)23(34)14-5-8-19(17(26)12-14)32-21-16(20(30-32)15-4-3-9-27-13-15)6-7-18-22(21)37-24(28-18)29-25(35)36-2/h3-5,8-9,12-13,33H,6-7,10-11H2,1-2H3,(H,28,29,35). The van der Waals surface area contributed by atoms with E-state index in [0.717, 1.165) is 38.8 Å². The molecule has 0 fully saturated rings. The van der Waals surface area contributed by atoms with Gasteiger partial charge < -0.3 is 14.7 Å². The van der Waals surface area contributed by atoms with Crippen LogP contribution in [-0.4, -0.2) is 69.1 Å². The molecule has 0 radical (unpaired) electrons. The molecule has 0 aliphatic heterocycles. The van der Waals surface area contributed by atoms with E-state index in [1.165, 1.54) is 23.3 Å². The van der Waals surface area contributed by atoms with Gasteiger partial charge in [0.05, 0.1) is 41.4 Å². The lowest BCUT2D eigenvalue weighted by atomic mass is 9.95. The fourth-order valence-electron chi connectivity index (χ4n) is 4.25. The molecule has 0 spiro atoms. The summed E-state index contributed by atoms with van der Waals surface area (Å²) in [4.78, 5) is 35.8. The highest BCUT2D eigenvalue weighted by molar-refractivity contribution is 9.10. The van der Waals surface area contributed by atoms with Crippen molar-refractivity contribution >= 4 is 44.4 Å². The monoisotopic (exact) mass is 582 g/mol. The first-order valence-electron chi connectivity index (χ1n) is 11.4. The number of amides is 2.